The summed E-state index contributed by atoms with van der Waals surface area (Å²) in [7, 11) is 0. The number of hydrogen-bond donors (Lipinski definition) is 1. The first kappa shape index (κ1) is 17.5. The Kier molecular flexibility index (Phi) is 5.71. The van der Waals surface area contributed by atoms with Crippen molar-refractivity contribution in [2.24, 2.45) is 0 Å². The highest BCUT2D eigenvalue weighted by Crippen LogP contribution is 2.25. The van der Waals surface area contributed by atoms with E-state index in [9.17, 15) is 14.0 Å². The predicted octanol–water partition coefficient (Wildman–Crippen LogP) is 3.79. The molecule has 0 aromatic heterocycles. The molecule has 0 unspecified atom stereocenters. The van der Waals surface area contributed by atoms with Crippen LogP contribution in [0.1, 0.15) is 23.2 Å². The summed E-state index contributed by atoms with van der Waals surface area (Å²) in [5.74, 6) is -0.483. The van der Waals surface area contributed by atoms with Crippen LogP contribution in [0.3, 0.4) is 0 Å². The fourth-order valence-corrected chi connectivity index (χ4v) is 3.68. The summed E-state index contributed by atoms with van der Waals surface area (Å²) in [6.45, 7) is 1.63. The molecule has 2 aromatic carbocycles. The molecule has 1 fully saturated rings. The third kappa shape index (κ3) is 4.39. The van der Waals surface area contributed by atoms with Gasteiger partial charge in [-0.05, 0) is 37.1 Å². The summed E-state index contributed by atoms with van der Waals surface area (Å²) >= 11 is 1.34. The summed E-state index contributed by atoms with van der Waals surface area (Å²) in [5.41, 5.74) is 0.574. The van der Waals surface area contributed by atoms with Crippen LogP contribution >= 0.6 is 11.8 Å². The van der Waals surface area contributed by atoms with E-state index in [0.717, 1.165) is 25.9 Å². The van der Waals surface area contributed by atoms with Gasteiger partial charge in [0.15, 0.2) is 0 Å². The molecular formula is C19H19FN2O2S. The van der Waals surface area contributed by atoms with Crippen LogP contribution in [0.15, 0.2) is 53.4 Å². The van der Waals surface area contributed by atoms with E-state index in [-0.39, 0.29) is 17.5 Å². The lowest BCUT2D eigenvalue weighted by Crippen LogP contribution is -2.29. The average Bonchev–Trinajstić information content (AvgIpc) is 3.16. The van der Waals surface area contributed by atoms with Crippen LogP contribution in [0.25, 0.3) is 0 Å². The van der Waals surface area contributed by atoms with E-state index in [1.165, 1.54) is 23.9 Å². The summed E-state index contributed by atoms with van der Waals surface area (Å²) in [5, 5.41) is 2.59. The number of hydrogen-bond acceptors (Lipinski definition) is 3. The van der Waals surface area contributed by atoms with E-state index >= 15 is 0 Å². The van der Waals surface area contributed by atoms with Gasteiger partial charge < -0.3 is 10.2 Å². The van der Waals surface area contributed by atoms with Crippen LogP contribution < -0.4 is 5.32 Å². The highest BCUT2D eigenvalue weighted by molar-refractivity contribution is 8.00. The Hall–Kier alpha value is -2.34. The number of benzene rings is 2. The summed E-state index contributed by atoms with van der Waals surface area (Å²) < 4.78 is 13.7. The lowest BCUT2D eigenvalue weighted by atomic mass is 10.2. The van der Waals surface area contributed by atoms with Crippen LogP contribution in [0.2, 0.25) is 0 Å². The topological polar surface area (TPSA) is 49.4 Å². The van der Waals surface area contributed by atoms with E-state index in [4.69, 9.17) is 0 Å². The molecule has 6 heteroatoms. The summed E-state index contributed by atoms with van der Waals surface area (Å²) in [4.78, 5) is 27.3. The predicted molar refractivity (Wildman–Crippen MR) is 97.3 cm³/mol. The zero-order valence-corrected chi connectivity index (χ0v) is 14.5. The van der Waals surface area contributed by atoms with Gasteiger partial charge in [0.2, 0.25) is 5.91 Å². The highest BCUT2D eigenvalue weighted by Gasteiger charge is 2.19. The van der Waals surface area contributed by atoms with E-state index in [1.807, 2.05) is 11.0 Å². The number of carbonyl (C=O) groups is 2. The van der Waals surface area contributed by atoms with E-state index in [1.54, 1.807) is 30.3 Å². The van der Waals surface area contributed by atoms with Gasteiger partial charge in [-0.2, -0.15) is 0 Å². The molecule has 0 atom stereocenters. The smallest absolute Gasteiger partial charge is 0.256 e. The molecule has 3 rings (SSSR count). The molecule has 25 heavy (non-hydrogen) atoms. The van der Waals surface area contributed by atoms with Crippen LogP contribution in [-0.4, -0.2) is 35.6 Å². The van der Waals surface area contributed by atoms with E-state index < -0.39 is 5.82 Å². The second-order valence-corrected chi connectivity index (χ2v) is 6.82. The summed E-state index contributed by atoms with van der Waals surface area (Å²) in [6, 6.07) is 13.1. The first-order chi connectivity index (χ1) is 12.1. The third-order valence-electron chi connectivity index (χ3n) is 4.06. The Morgan fingerprint density at radius 2 is 1.72 bits per heavy atom. The number of carbonyl (C=O) groups excluding carboxylic acids is 2. The lowest BCUT2D eigenvalue weighted by Gasteiger charge is -2.15. The Balaban J connectivity index is 1.68. The number of likely N-dealkylation sites (tertiary alicyclic amines) is 1. The molecule has 1 saturated heterocycles. The van der Waals surface area contributed by atoms with Gasteiger partial charge in [-0.25, -0.2) is 4.39 Å². The van der Waals surface area contributed by atoms with Gasteiger partial charge in [0.25, 0.3) is 5.91 Å². The van der Waals surface area contributed by atoms with Crippen molar-refractivity contribution in [2.45, 2.75) is 17.7 Å². The van der Waals surface area contributed by atoms with Gasteiger partial charge in [0.05, 0.1) is 17.0 Å². The Labute approximate surface area is 150 Å². The quantitative estimate of drug-likeness (QED) is 0.827. The maximum atomic E-state index is 13.7. The molecule has 2 amide bonds. The summed E-state index contributed by atoms with van der Waals surface area (Å²) in [6.07, 6.45) is 2.11. The van der Waals surface area contributed by atoms with Crippen LogP contribution in [0.5, 0.6) is 0 Å². The molecule has 1 aliphatic heterocycles. The molecule has 130 valence electrons. The largest absolute Gasteiger partial charge is 0.342 e. The van der Waals surface area contributed by atoms with Crippen LogP contribution in [0, 0.1) is 5.82 Å². The highest BCUT2D eigenvalue weighted by atomic mass is 32.2. The fourth-order valence-electron chi connectivity index (χ4n) is 2.73. The SMILES string of the molecule is O=C(Nc1ccccc1F)c1ccccc1SCC(=O)N1CCCC1. The Morgan fingerprint density at radius 3 is 2.48 bits per heavy atom. The van der Waals surface area contributed by atoms with Crippen molar-refractivity contribution < 1.29 is 14.0 Å². The third-order valence-corrected chi connectivity index (χ3v) is 5.12. The average molecular weight is 358 g/mol. The Morgan fingerprint density at radius 1 is 1.04 bits per heavy atom. The Bertz CT molecular complexity index is 776. The van der Waals surface area contributed by atoms with E-state index in [2.05, 4.69) is 5.32 Å². The maximum Gasteiger partial charge on any atom is 0.256 e. The standard InChI is InChI=1S/C19H19FN2O2S/c20-15-8-2-3-9-16(15)21-19(24)14-7-1-4-10-17(14)25-13-18(23)22-11-5-6-12-22/h1-4,7-10H,5-6,11-13H2,(H,21,24). The van der Waals surface area contributed by atoms with Crippen molar-refractivity contribution in [3.05, 3.63) is 59.9 Å². The normalized spacial score (nSPS) is 13.7. The monoisotopic (exact) mass is 358 g/mol. The number of rotatable bonds is 5. The first-order valence-electron chi connectivity index (χ1n) is 8.20. The van der Waals surface area contributed by atoms with Crippen molar-refractivity contribution in [3.63, 3.8) is 0 Å². The lowest BCUT2D eigenvalue weighted by molar-refractivity contribution is -0.127. The number of amides is 2. The second kappa shape index (κ2) is 8.16. The fraction of sp³-hybridized carbons (Fsp3) is 0.263. The van der Waals surface area contributed by atoms with Crippen molar-refractivity contribution in [1.29, 1.82) is 0 Å². The number of nitrogens with zero attached hydrogens (tertiary/aromatic N) is 1. The van der Waals surface area contributed by atoms with Crippen molar-refractivity contribution in [2.75, 3.05) is 24.2 Å². The number of thioether (sulfide) groups is 1. The van der Waals surface area contributed by atoms with Gasteiger partial charge >= 0.3 is 0 Å². The second-order valence-electron chi connectivity index (χ2n) is 5.81. The molecule has 1 heterocycles. The molecular weight excluding hydrogens is 339 g/mol. The van der Waals surface area contributed by atoms with Crippen LogP contribution in [0.4, 0.5) is 10.1 Å². The number of anilines is 1. The minimum Gasteiger partial charge on any atom is -0.342 e. The molecule has 2 aromatic rings. The van der Waals surface area contributed by atoms with Gasteiger partial charge in [-0.3, -0.25) is 9.59 Å². The minimum absolute atomic E-state index is 0.0896. The number of nitrogens with one attached hydrogen (secondary N) is 1. The van der Waals surface area contributed by atoms with Crippen molar-refractivity contribution in [1.82, 2.24) is 4.90 Å². The maximum absolute atomic E-state index is 13.7. The molecule has 0 aliphatic carbocycles. The molecule has 1 aliphatic rings. The van der Waals surface area contributed by atoms with Gasteiger partial charge in [0.1, 0.15) is 5.82 Å². The van der Waals surface area contributed by atoms with Gasteiger partial charge in [-0.15, -0.1) is 11.8 Å². The van der Waals surface area contributed by atoms with E-state index in [0.29, 0.717) is 16.2 Å². The molecule has 0 spiro atoms. The van der Waals surface area contributed by atoms with Crippen molar-refractivity contribution >= 4 is 29.3 Å². The van der Waals surface area contributed by atoms with Crippen LogP contribution in [-0.2, 0) is 4.79 Å². The van der Waals surface area contributed by atoms with Gasteiger partial charge in [-0.1, -0.05) is 24.3 Å². The molecule has 1 N–H and O–H groups in total. The van der Waals surface area contributed by atoms with Crippen molar-refractivity contribution in [3.8, 4) is 0 Å². The molecule has 4 nitrogen and oxygen atoms in total. The zero-order valence-electron chi connectivity index (χ0n) is 13.7. The number of para-hydroxylation sites is 1. The zero-order chi connectivity index (χ0) is 17.6. The first-order valence-corrected chi connectivity index (χ1v) is 9.19. The molecule has 0 bridgehead atoms. The molecule has 0 radical (unpaired) electrons. The minimum atomic E-state index is -0.481. The molecule has 0 saturated carbocycles. The number of halogens is 1. The van der Waals surface area contributed by atoms with Gasteiger partial charge in [0, 0.05) is 18.0 Å².